The number of ketones is 1. The van der Waals surface area contributed by atoms with Gasteiger partial charge < -0.3 is 0 Å². The number of nitro groups is 1. The number of fused-ring (bicyclic) bond motifs is 1. The van der Waals surface area contributed by atoms with Crippen LogP contribution in [0.25, 0.3) is 16.6 Å². The van der Waals surface area contributed by atoms with E-state index in [1.165, 1.54) is 54.1 Å². The Bertz CT molecular complexity index is 1120. The second kappa shape index (κ2) is 5.76. The van der Waals surface area contributed by atoms with Crippen LogP contribution in [0.1, 0.15) is 17.4 Å². The number of non-ortho nitro benzene ring substituents is 1. The molecule has 9 nitrogen and oxygen atoms in total. The molecule has 2 aromatic carbocycles. The molecular formula is C15H12N4O5S. The number of hydrogen-bond acceptors (Lipinski definition) is 6. The van der Waals surface area contributed by atoms with Crippen molar-refractivity contribution in [3.05, 3.63) is 58.3 Å². The van der Waals surface area contributed by atoms with Crippen molar-refractivity contribution < 1.29 is 18.1 Å². The Hall–Kier alpha value is -3.11. The molecule has 0 atom stereocenters. The summed E-state index contributed by atoms with van der Waals surface area (Å²) < 4.78 is 24.0. The Morgan fingerprint density at radius 3 is 2.36 bits per heavy atom. The van der Waals surface area contributed by atoms with Crippen LogP contribution in [0.3, 0.4) is 0 Å². The number of primary sulfonamides is 1. The number of rotatable bonds is 4. The molecule has 0 aliphatic rings. The predicted molar refractivity (Wildman–Crippen MR) is 89.1 cm³/mol. The minimum absolute atomic E-state index is 0.0783. The predicted octanol–water partition coefficient (Wildman–Crippen LogP) is 1.78. The molecule has 0 saturated heterocycles. The van der Waals surface area contributed by atoms with E-state index >= 15 is 0 Å². The van der Waals surface area contributed by atoms with Crippen molar-refractivity contribution in [2.45, 2.75) is 11.8 Å². The van der Waals surface area contributed by atoms with Crippen LogP contribution in [0, 0.1) is 10.1 Å². The summed E-state index contributed by atoms with van der Waals surface area (Å²) in [6.45, 7) is 1.34. The van der Waals surface area contributed by atoms with Gasteiger partial charge >= 0.3 is 0 Å². The molecule has 2 N–H and O–H groups in total. The van der Waals surface area contributed by atoms with Gasteiger partial charge in [0.2, 0.25) is 10.0 Å². The Kier molecular flexibility index (Phi) is 3.85. The zero-order chi connectivity index (χ0) is 18.4. The lowest BCUT2D eigenvalue weighted by Gasteiger charge is -2.04. The monoisotopic (exact) mass is 360 g/mol. The second-order valence-electron chi connectivity index (χ2n) is 5.31. The maximum absolute atomic E-state index is 11.8. The summed E-state index contributed by atoms with van der Waals surface area (Å²) in [5.41, 5.74) is 0.818. The van der Waals surface area contributed by atoms with Crippen molar-refractivity contribution in [3.63, 3.8) is 0 Å². The molecule has 0 amide bonds. The average molecular weight is 360 g/mol. The zero-order valence-electron chi connectivity index (χ0n) is 12.9. The summed E-state index contributed by atoms with van der Waals surface area (Å²) in [6, 6.07) is 9.56. The summed E-state index contributed by atoms with van der Waals surface area (Å²) in [5, 5.41) is 20.8. The molecule has 0 fully saturated rings. The van der Waals surface area contributed by atoms with E-state index in [0.717, 1.165) is 0 Å². The topological polar surface area (TPSA) is 138 Å². The number of nitrogens with zero attached hydrogens (tertiary/aromatic N) is 3. The fourth-order valence-electron chi connectivity index (χ4n) is 2.45. The highest BCUT2D eigenvalue weighted by molar-refractivity contribution is 7.89. The number of sulfonamides is 1. The highest BCUT2D eigenvalue weighted by Crippen LogP contribution is 2.27. The summed E-state index contributed by atoms with van der Waals surface area (Å²) in [4.78, 5) is 22.2. The van der Waals surface area contributed by atoms with Crippen LogP contribution in [-0.2, 0) is 10.0 Å². The van der Waals surface area contributed by atoms with Crippen LogP contribution < -0.4 is 5.14 Å². The average Bonchev–Trinajstić information content (AvgIpc) is 2.93. The fraction of sp³-hybridized carbons (Fsp3) is 0.0667. The van der Waals surface area contributed by atoms with Gasteiger partial charge in [0.1, 0.15) is 5.69 Å². The molecule has 3 rings (SSSR count). The highest BCUT2D eigenvalue weighted by Gasteiger charge is 2.18. The largest absolute Gasteiger partial charge is 0.293 e. The molecule has 25 heavy (non-hydrogen) atoms. The van der Waals surface area contributed by atoms with Gasteiger partial charge in [-0.1, -0.05) is 0 Å². The maximum Gasteiger partial charge on any atom is 0.271 e. The van der Waals surface area contributed by atoms with E-state index in [1.54, 1.807) is 0 Å². The lowest BCUT2D eigenvalue weighted by molar-refractivity contribution is -0.384. The van der Waals surface area contributed by atoms with E-state index in [2.05, 4.69) is 5.10 Å². The Labute approximate surface area is 141 Å². The van der Waals surface area contributed by atoms with Gasteiger partial charge in [0.25, 0.3) is 5.69 Å². The van der Waals surface area contributed by atoms with E-state index in [-0.39, 0.29) is 22.1 Å². The second-order valence-corrected chi connectivity index (χ2v) is 6.88. The van der Waals surface area contributed by atoms with Crippen molar-refractivity contribution in [2.24, 2.45) is 5.14 Å². The summed E-state index contributed by atoms with van der Waals surface area (Å²) in [6.07, 6.45) is 0. The number of benzene rings is 2. The Morgan fingerprint density at radius 2 is 1.84 bits per heavy atom. The van der Waals surface area contributed by atoms with Gasteiger partial charge in [0.15, 0.2) is 5.78 Å². The minimum atomic E-state index is -3.84. The maximum atomic E-state index is 11.8. The van der Waals surface area contributed by atoms with Crippen molar-refractivity contribution in [1.82, 2.24) is 9.78 Å². The van der Waals surface area contributed by atoms with Crippen molar-refractivity contribution >= 4 is 32.4 Å². The Balaban J connectivity index is 2.26. The van der Waals surface area contributed by atoms with E-state index in [9.17, 15) is 23.3 Å². The van der Waals surface area contributed by atoms with Gasteiger partial charge in [-0.05, 0) is 30.3 Å². The molecule has 3 aromatic rings. The van der Waals surface area contributed by atoms with Crippen LogP contribution in [0.4, 0.5) is 5.69 Å². The molecule has 0 saturated carbocycles. The number of Topliss-reactive ketones (excluding diaryl/α,β-unsaturated/α-hetero) is 1. The molecule has 128 valence electrons. The summed E-state index contributed by atoms with van der Waals surface area (Å²) in [7, 11) is -3.84. The normalized spacial score (nSPS) is 11.6. The first-order valence-electron chi connectivity index (χ1n) is 7.00. The van der Waals surface area contributed by atoms with Gasteiger partial charge in [-0.2, -0.15) is 5.10 Å². The lowest BCUT2D eigenvalue weighted by atomic mass is 10.1. The van der Waals surface area contributed by atoms with Crippen LogP contribution >= 0.6 is 0 Å². The van der Waals surface area contributed by atoms with E-state index in [0.29, 0.717) is 16.6 Å². The minimum Gasteiger partial charge on any atom is -0.293 e. The summed E-state index contributed by atoms with van der Waals surface area (Å²) in [5.74, 6) is -0.293. The molecule has 0 spiro atoms. The van der Waals surface area contributed by atoms with Crippen LogP contribution in [0.15, 0.2) is 47.4 Å². The molecule has 0 aliphatic carbocycles. The quantitative estimate of drug-likeness (QED) is 0.427. The van der Waals surface area contributed by atoms with Crippen molar-refractivity contribution in [3.8, 4) is 5.69 Å². The SMILES string of the molecule is CC(=O)c1nn(-c2ccc(S(N)(=O)=O)cc2)c2cc([N+](=O)[O-])ccc12. The molecule has 0 radical (unpaired) electrons. The van der Waals surface area contributed by atoms with Crippen LogP contribution in [-0.4, -0.2) is 28.9 Å². The zero-order valence-corrected chi connectivity index (χ0v) is 13.7. The third kappa shape index (κ3) is 2.99. The van der Waals surface area contributed by atoms with Crippen molar-refractivity contribution in [1.29, 1.82) is 0 Å². The van der Waals surface area contributed by atoms with Gasteiger partial charge in [0.05, 0.1) is 21.0 Å². The molecule has 10 heteroatoms. The van der Waals surface area contributed by atoms with Gasteiger partial charge in [-0.25, -0.2) is 18.2 Å². The van der Waals surface area contributed by atoms with Crippen LogP contribution in [0.5, 0.6) is 0 Å². The number of aromatic nitrogens is 2. The number of carbonyl (C=O) groups excluding carboxylic acids is 1. The van der Waals surface area contributed by atoms with E-state index in [1.807, 2.05) is 0 Å². The molecule has 1 heterocycles. The fourth-order valence-corrected chi connectivity index (χ4v) is 2.97. The smallest absolute Gasteiger partial charge is 0.271 e. The molecule has 0 unspecified atom stereocenters. The first kappa shape index (κ1) is 16.7. The number of carbonyl (C=O) groups is 1. The number of nitrogens with two attached hydrogens (primary N) is 1. The lowest BCUT2D eigenvalue weighted by Crippen LogP contribution is -2.12. The third-order valence-electron chi connectivity index (χ3n) is 3.62. The van der Waals surface area contributed by atoms with Crippen molar-refractivity contribution in [2.75, 3.05) is 0 Å². The van der Waals surface area contributed by atoms with E-state index < -0.39 is 14.9 Å². The third-order valence-corrected chi connectivity index (χ3v) is 4.55. The van der Waals surface area contributed by atoms with Gasteiger partial charge in [-0.15, -0.1) is 0 Å². The number of hydrogen-bond donors (Lipinski definition) is 1. The van der Waals surface area contributed by atoms with Gasteiger partial charge in [-0.3, -0.25) is 14.9 Å². The Morgan fingerprint density at radius 1 is 1.20 bits per heavy atom. The first-order chi connectivity index (χ1) is 11.7. The summed E-state index contributed by atoms with van der Waals surface area (Å²) >= 11 is 0. The van der Waals surface area contributed by atoms with Gasteiger partial charge in [0, 0.05) is 24.4 Å². The molecule has 0 bridgehead atoms. The van der Waals surface area contributed by atoms with Crippen LogP contribution in [0.2, 0.25) is 0 Å². The van der Waals surface area contributed by atoms with E-state index in [4.69, 9.17) is 5.14 Å². The first-order valence-corrected chi connectivity index (χ1v) is 8.54. The molecular weight excluding hydrogens is 348 g/mol. The molecule has 1 aromatic heterocycles. The standard InChI is InChI=1S/C15H12N4O5S/c1-9(20)15-13-7-4-11(19(21)22)8-14(13)18(17-15)10-2-5-12(6-3-10)25(16,23)24/h2-8H,1H3,(H2,16,23,24). The number of nitro benzene ring substituents is 1. The highest BCUT2D eigenvalue weighted by atomic mass is 32.2. The molecule has 0 aliphatic heterocycles.